The van der Waals surface area contributed by atoms with Crippen LogP contribution < -0.4 is 15.4 Å². The van der Waals surface area contributed by atoms with Crippen molar-refractivity contribution in [2.24, 2.45) is 0 Å². The van der Waals surface area contributed by atoms with Gasteiger partial charge in [0.25, 0.3) is 0 Å². The fraction of sp³-hybridized carbons (Fsp3) is 0.929. The van der Waals surface area contributed by atoms with Crippen molar-refractivity contribution in [2.45, 2.75) is 64.5 Å². The third-order valence-electron chi connectivity index (χ3n) is 3.34. The third-order valence-corrected chi connectivity index (χ3v) is 4.75. The van der Waals surface area contributed by atoms with Crippen LogP contribution in [-0.4, -0.2) is 44.7 Å². The second kappa shape index (κ2) is 8.10. The standard InChI is InChI=1S/C14H29N3O3S/c1-14(2,3)17-13(18)7-10-16-21(19,20)11-8-12-6-4-5-9-15-12/h12,15-16H,4-11H2,1-3H3,(H,17,18). The molecule has 0 aliphatic carbocycles. The van der Waals surface area contributed by atoms with Crippen molar-refractivity contribution in [3.05, 3.63) is 0 Å². The highest BCUT2D eigenvalue weighted by Gasteiger charge is 2.18. The first-order chi connectivity index (χ1) is 9.68. The molecule has 0 aromatic rings. The highest BCUT2D eigenvalue weighted by atomic mass is 32.2. The Morgan fingerprint density at radius 3 is 2.57 bits per heavy atom. The van der Waals surface area contributed by atoms with Crippen molar-refractivity contribution in [3.8, 4) is 0 Å². The summed E-state index contributed by atoms with van der Waals surface area (Å²) in [5.41, 5.74) is -0.289. The van der Waals surface area contributed by atoms with E-state index in [4.69, 9.17) is 0 Å². The lowest BCUT2D eigenvalue weighted by molar-refractivity contribution is -0.122. The summed E-state index contributed by atoms with van der Waals surface area (Å²) in [5, 5.41) is 6.14. The van der Waals surface area contributed by atoms with Crippen LogP contribution >= 0.6 is 0 Å². The van der Waals surface area contributed by atoms with Crippen molar-refractivity contribution in [2.75, 3.05) is 18.8 Å². The quantitative estimate of drug-likeness (QED) is 0.646. The molecule has 21 heavy (non-hydrogen) atoms. The summed E-state index contributed by atoms with van der Waals surface area (Å²) in [7, 11) is -3.29. The van der Waals surface area contributed by atoms with E-state index in [1.807, 2.05) is 20.8 Å². The van der Waals surface area contributed by atoms with Gasteiger partial charge in [0.15, 0.2) is 0 Å². The molecule has 6 nitrogen and oxygen atoms in total. The Morgan fingerprint density at radius 2 is 2.00 bits per heavy atom. The van der Waals surface area contributed by atoms with Crippen molar-refractivity contribution < 1.29 is 13.2 Å². The van der Waals surface area contributed by atoms with E-state index in [-0.39, 0.29) is 30.2 Å². The maximum Gasteiger partial charge on any atom is 0.221 e. The molecule has 0 aromatic carbocycles. The van der Waals surface area contributed by atoms with Crippen LogP contribution in [0.1, 0.15) is 52.9 Å². The maximum absolute atomic E-state index is 11.9. The van der Waals surface area contributed by atoms with Crippen LogP contribution in [0.25, 0.3) is 0 Å². The number of amides is 1. The molecule has 1 heterocycles. The zero-order valence-electron chi connectivity index (χ0n) is 13.4. The largest absolute Gasteiger partial charge is 0.351 e. The van der Waals surface area contributed by atoms with Crippen LogP contribution in [0.4, 0.5) is 0 Å². The Morgan fingerprint density at radius 1 is 1.29 bits per heavy atom. The van der Waals surface area contributed by atoms with Gasteiger partial charge >= 0.3 is 0 Å². The zero-order valence-corrected chi connectivity index (χ0v) is 14.2. The van der Waals surface area contributed by atoms with E-state index in [0.717, 1.165) is 19.4 Å². The summed E-state index contributed by atoms with van der Waals surface area (Å²) in [4.78, 5) is 11.6. The van der Waals surface area contributed by atoms with Crippen LogP contribution in [0, 0.1) is 0 Å². The predicted octanol–water partition coefficient (Wildman–Crippen LogP) is 0.743. The second-order valence-corrected chi connectivity index (χ2v) is 8.62. The van der Waals surface area contributed by atoms with Crippen LogP contribution in [-0.2, 0) is 14.8 Å². The molecule has 7 heteroatoms. The molecule has 0 saturated carbocycles. The van der Waals surface area contributed by atoms with Gasteiger partial charge in [-0.2, -0.15) is 0 Å². The van der Waals surface area contributed by atoms with Crippen LogP contribution in [0.15, 0.2) is 0 Å². The van der Waals surface area contributed by atoms with E-state index in [9.17, 15) is 13.2 Å². The van der Waals surface area contributed by atoms with Gasteiger partial charge < -0.3 is 10.6 Å². The van der Waals surface area contributed by atoms with Gasteiger partial charge in [-0.1, -0.05) is 6.42 Å². The lowest BCUT2D eigenvalue weighted by atomic mass is 10.0. The average molecular weight is 319 g/mol. The monoisotopic (exact) mass is 319 g/mol. The number of piperidine rings is 1. The molecule has 1 saturated heterocycles. The molecule has 0 aromatic heterocycles. The Labute approximate surface area is 128 Å². The molecule has 1 aliphatic rings. The first kappa shape index (κ1) is 18.4. The highest BCUT2D eigenvalue weighted by molar-refractivity contribution is 7.89. The SMILES string of the molecule is CC(C)(C)NC(=O)CCNS(=O)(=O)CCC1CCCCN1. The molecule has 0 bridgehead atoms. The molecule has 1 amide bonds. The molecule has 3 N–H and O–H groups in total. The maximum atomic E-state index is 11.9. The van der Waals surface area contributed by atoms with Gasteiger partial charge in [0.05, 0.1) is 5.75 Å². The summed E-state index contributed by atoms with van der Waals surface area (Å²) in [6.07, 6.45) is 4.17. The van der Waals surface area contributed by atoms with Gasteiger partial charge in [0, 0.05) is 24.5 Å². The summed E-state index contributed by atoms with van der Waals surface area (Å²) in [5.74, 6) is -0.0231. The van der Waals surface area contributed by atoms with E-state index in [1.54, 1.807) is 0 Å². The second-order valence-electron chi connectivity index (χ2n) is 6.70. The van der Waals surface area contributed by atoms with E-state index in [0.29, 0.717) is 12.5 Å². The van der Waals surface area contributed by atoms with Gasteiger partial charge in [-0.05, 0) is 46.6 Å². The molecule has 1 atom stereocenters. The molecule has 0 radical (unpaired) electrons. The summed E-state index contributed by atoms with van der Waals surface area (Å²) in [6, 6.07) is 0.305. The third kappa shape index (κ3) is 9.06. The van der Waals surface area contributed by atoms with Gasteiger partial charge in [0.1, 0.15) is 0 Å². The van der Waals surface area contributed by atoms with E-state index in [2.05, 4.69) is 15.4 Å². The fourth-order valence-electron chi connectivity index (χ4n) is 2.34. The summed E-state index contributed by atoms with van der Waals surface area (Å²) >= 11 is 0. The topological polar surface area (TPSA) is 87.3 Å². The van der Waals surface area contributed by atoms with E-state index >= 15 is 0 Å². The first-order valence-corrected chi connectivity index (χ1v) is 9.35. The van der Waals surface area contributed by atoms with Crippen LogP contribution in [0.3, 0.4) is 0 Å². The number of hydrogen-bond acceptors (Lipinski definition) is 4. The van der Waals surface area contributed by atoms with E-state index in [1.165, 1.54) is 6.42 Å². The smallest absolute Gasteiger partial charge is 0.221 e. The average Bonchev–Trinajstić information content (AvgIpc) is 2.35. The first-order valence-electron chi connectivity index (χ1n) is 7.70. The Hall–Kier alpha value is -0.660. The van der Waals surface area contributed by atoms with Gasteiger partial charge in [-0.3, -0.25) is 4.79 Å². The minimum absolute atomic E-state index is 0.117. The van der Waals surface area contributed by atoms with E-state index < -0.39 is 10.0 Å². The van der Waals surface area contributed by atoms with Crippen molar-refractivity contribution in [3.63, 3.8) is 0 Å². The van der Waals surface area contributed by atoms with Gasteiger partial charge in [-0.25, -0.2) is 13.1 Å². The molecular weight excluding hydrogens is 290 g/mol. The van der Waals surface area contributed by atoms with Gasteiger partial charge in [-0.15, -0.1) is 0 Å². The Balaban J connectivity index is 2.21. The van der Waals surface area contributed by atoms with Crippen LogP contribution in [0.2, 0.25) is 0 Å². The number of carbonyl (C=O) groups excluding carboxylic acids is 1. The summed E-state index contributed by atoms with van der Waals surface area (Å²) in [6.45, 7) is 6.82. The number of carbonyl (C=O) groups is 1. The Kier molecular flexibility index (Phi) is 7.09. The molecule has 124 valence electrons. The van der Waals surface area contributed by atoms with Crippen molar-refractivity contribution in [1.82, 2.24) is 15.4 Å². The number of sulfonamides is 1. The minimum Gasteiger partial charge on any atom is -0.351 e. The number of nitrogens with one attached hydrogen (secondary N) is 3. The highest BCUT2D eigenvalue weighted by Crippen LogP contribution is 2.10. The Bertz CT molecular complexity index is 423. The lowest BCUT2D eigenvalue weighted by Gasteiger charge is -2.23. The number of hydrogen-bond donors (Lipinski definition) is 3. The van der Waals surface area contributed by atoms with Crippen LogP contribution in [0.5, 0.6) is 0 Å². The number of rotatable bonds is 7. The molecule has 0 spiro atoms. The predicted molar refractivity (Wildman–Crippen MR) is 84.6 cm³/mol. The molecule has 1 fully saturated rings. The fourth-order valence-corrected chi connectivity index (χ4v) is 3.49. The summed E-state index contributed by atoms with van der Waals surface area (Å²) < 4.78 is 26.2. The van der Waals surface area contributed by atoms with Crippen molar-refractivity contribution >= 4 is 15.9 Å². The minimum atomic E-state index is -3.29. The molecule has 1 unspecified atom stereocenters. The molecular formula is C14H29N3O3S. The normalized spacial score (nSPS) is 20.2. The van der Waals surface area contributed by atoms with Gasteiger partial charge in [0.2, 0.25) is 15.9 Å². The lowest BCUT2D eigenvalue weighted by Crippen LogP contribution is -2.42. The molecule has 1 rings (SSSR count). The zero-order chi connectivity index (χ0) is 15.9. The molecule has 1 aliphatic heterocycles. The van der Waals surface area contributed by atoms with Crippen molar-refractivity contribution in [1.29, 1.82) is 0 Å².